The van der Waals surface area contributed by atoms with Gasteiger partial charge in [0.2, 0.25) is 5.91 Å². The second kappa shape index (κ2) is 8.85. The van der Waals surface area contributed by atoms with Gasteiger partial charge in [0, 0.05) is 18.3 Å². The summed E-state index contributed by atoms with van der Waals surface area (Å²) in [5.74, 6) is 1.58. The van der Waals surface area contributed by atoms with Gasteiger partial charge in [-0.25, -0.2) is 9.97 Å². The van der Waals surface area contributed by atoms with Gasteiger partial charge in [-0.3, -0.25) is 4.79 Å². The van der Waals surface area contributed by atoms with E-state index in [0.717, 1.165) is 16.9 Å². The summed E-state index contributed by atoms with van der Waals surface area (Å²) in [5, 5.41) is 12.7. The highest BCUT2D eigenvalue weighted by atomic mass is 16.5. The first-order chi connectivity index (χ1) is 15.0. The first-order valence-corrected chi connectivity index (χ1v) is 9.88. The van der Waals surface area contributed by atoms with Gasteiger partial charge in [0.15, 0.2) is 0 Å². The number of carbonyl (C=O) groups is 1. The number of aromatic nitrogens is 3. The maximum Gasteiger partial charge on any atom is 0.240 e. The standard InChI is InChI=1S/C23H23N5O3/c1-15(29)11-25-20(30)13-28-12-19(21-22(24)26-14-27-23(21)28)16-7-9-18(10-8-16)31-17-5-3-2-4-6-17/h2-10,12,14-15,29H,11,13H2,1H3,(H,25,30)(H2,24,26,27). The average Bonchev–Trinajstić information content (AvgIpc) is 3.13. The van der Waals surface area contributed by atoms with E-state index in [1.165, 1.54) is 6.33 Å². The van der Waals surface area contributed by atoms with E-state index in [2.05, 4.69) is 15.3 Å². The van der Waals surface area contributed by atoms with Crippen molar-refractivity contribution in [3.8, 4) is 22.6 Å². The molecule has 0 aliphatic heterocycles. The zero-order valence-corrected chi connectivity index (χ0v) is 17.0. The van der Waals surface area contributed by atoms with Crippen LogP contribution in [0.15, 0.2) is 67.1 Å². The van der Waals surface area contributed by atoms with Crippen molar-refractivity contribution in [3.05, 3.63) is 67.1 Å². The number of aliphatic hydroxyl groups excluding tert-OH is 1. The van der Waals surface area contributed by atoms with Gasteiger partial charge in [0.05, 0.1) is 11.5 Å². The summed E-state index contributed by atoms with van der Waals surface area (Å²) in [6.45, 7) is 1.85. The minimum atomic E-state index is -0.615. The van der Waals surface area contributed by atoms with E-state index in [0.29, 0.717) is 22.6 Å². The van der Waals surface area contributed by atoms with Crippen LogP contribution in [0.4, 0.5) is 5.82 Å². The van der Waals surface area contributed by atoms with Gasteiger partial charge in [0.1, 0.15) is 35.8 Å². The minimum Gasteiger partial charge on any atom is -0.457 e. The molecule has 1 unspecified atom stereocenters. The molecule has 0 fully saturated rings. The molecule has 0 saturated carbocycles. The third-order valence-electron chi connectivity index (χ3n) is 4.74. The molecule has 0 spiro atoms. The molecule has 0 aliphatic carbocycles. The molecule has 4 aromatic rings. The van der Waals surface area contributed by atoms with Crippen LogP contribution in [0.1, 0.15) is 6.92 Å². The molecule has 1 amide bonds. The third kappa shape index (κ3) is 4.65. The van der Waals surface area contributed by atoms with Crippen molar-refractivity contribution in [2.75, 3.05) is 12.3 Å². The highest BCUT2D eigenvalue weighted by molar-refractivity contribution is 6.01. The Balaban J connectivity index is 1.63. The first kappa shape index (κ1) is 20.4. The van der Waals surface area contributed by atoms with E-state index < -0.39 is 6.10 Å². The van der Waals surface area contributed by atoms with E-state index in [1.807, 2.05) is 60.8 Å². The quantitative estimate of drug-likeness (QED) is 0.426. The molecule has 0 aliphatic rings. The Morgan fingerprint density at radius 3 is 2.55 bits per heavy atom. The Bertz CT molecular complexity index is 1190. The van der Waals surface area contributed by atoms with Gasteiger partial charge < -0.3 is 25.5 Å². The van der Waals surface area contributed by atoms with Gasteiger partial charge >= 0.3 is 0 Å². The Kier molecular flexibility index (Phi) is 5.81. The molecule has 2 heterocycles. The minimum absolute atomic E-state index is 0.0505. The van der Waals surface area contributed by atoms with E-state index in [9.17, 15) is 9.90 Å². The Morgan fingerprint density at radius 2 is 1.84 bits per heavy atom. The number of rotatable bonds is 7. The molecule has 0 radical (unpaired) electrons. The first-order valence-electron chi connectivity index (χ1n) is 9.88. The Labute approximate surface area is 179 Å². The normalized spacial score (nSPS) is 11.9. The van der Waals surface area contributed by atoms with E-state index >= 15 is 0 Å². The number of amides is 1. The monoisotopic (exact) mass is 417 g/mol. The number of nitrogens with two attached hydrogens (primary N) is 1. The van der Waals surface area contributed by atoms with Crippen molar-refractivity contribution in [1.29, 1.82) is 0 Å². The highest BCUT2D eigenvalue weighted by Crippen LogP contribution is 2.34. The summed E-state index contributed by atoms with van der Waals surface area (Å²) >= 11 is 0. The smallest absolute Gasteiger partial charge is 0.240 e. The van der Waals surface area contributed by atoms with Crippen LogP contribution in [0.5, 0.6) is 11.5 Å². The van der Waals surface area contributed by atoms with Gasteiger partial charge in [-0.05, 0) is 36.8 Å². The maximum absolute atomic E-state index is 12.3. The van der Waals surface area contributed by atoms with Crippen LogP contribution in [0.3, 0.4) is 0 Å². The van der Waals surface area contributed by atoms with Crippen molar-refractivity contribution in [3.63, 3.8) is 0 Å². The number of carbonyl (C=O) groups excluding carboxylic acids is 1. The summed E-state index contributed by atoms with van der Waals surface area (Å²) in [5.41, 5.74) is 8.44. The predicted molar refractivity (Wildman–Crippen MR) is 119 cm³/mol. The summed E-state index contributed by atoms with van der Waals surface area (Å²) in [7, 11) is 0. The molecule has 0 bridgehead atoms. The van der Waals surface area contributed by atoms with Crippen LogP contribution >= 0.6 is 0 Å². The van der Waals surface area contributed by atoms with Crippen molar-refractivity contribution in [2.45, 2.75) is 19.6 Å². The third-order valence-corrected chi connectivity index (χ3v) is 4.74. The van der Waals surface area contributed by atoms with Gasteiger partial charge in [-0.2, -0.15) is 0 Å². The number of nitrogens with zero attached hydrogens (tertiary/aromatic N) is 3. The molecule has 4 N–H and O–H groups in total. The molecular weight excluding hydrogens is 394 g/mol. The largest absolute Gasteiger partial charge is 0.457 e. The molecular formula is C23H23N5O3. The lowest BCUT2D eigenvalue weighted by molar-refractivity contribution is -0.122. The SMILES string of the molecule is CC(O)CNC(=O)Cn1cc(-c2ccc(Oc3ccccc3)cc2)c2c(N)ncnc21. The lowest BCUT2D eigenvalue weighted by atomic mass is 10.1. The van der Waals surface area contributed by atoms with E-state index in [1.54, 1.807) is 11.5 Å². The lowest BCUT2D eigenvalue weighted by Gasteiger charge is -2.08. The fourth-order valence-corrected chi connectivity index (χ4v) is 3.29. The molecule has 4 rings (SSSR count). The summed E-state index contributed by atoms with van der Waals surface area (Å²) in [6.07, 6.45) is 2.60. The lowest BCUT2D eigenvalue weighted by Crippen LogP contribution is -2.33. The molecule has 1 atom stereocenters. The van der Waals surface area contributed by atoms with Crippen LogP contribution < -0.4 is 15.8 Å². The molecule has 0 saturated heterocycles. The van der Waals surface area contributed by atoms with Gasteiger partial charge in [-0.15, -0.1) is 0 Å². The Hall–Kier alpha value is -3.91. The number of benzene rings is 2. The van der Waals surface area contributed by atoms with Crippen molar-refractivity contribution >= 4 is 22.8 Å². The number of fused-ring (bicyclic) bond motifs is 1. The van der Waals surface area contributed by atoms with E-state index in [-0.39, 0.29) is 19.0 Å². The highest BCUT2D eigenvalue weighted by Gasteiger charge is 2.17. The number of aliphatic hydroxyl groups is 1. The Morgan fingerprint density at radius 1 is 1.13 bits per heavy atom. The second-order valence-corrected chi connectivity index (χ2v) is 7.22. The van der Waals surface area contributed by atoms with Crippen molar-refractivity contribution in [1.82, 2.24) is 19.9 Å². The summed E-state index contributed by atoms with van der Waals surface area (Å²) in [6, 6.07) is 17.2. The summed E-state index contributed by atoms with van der Waals surface area (Å²) in [4.78, 5) is 20.7. The van der Waals surface area contributed by atoms with Gasteiger partial charge in [-0.1, -0.05) is 30.3 Å². The average molecular weight is 417 g/mol. The number of anilines is 1. The van der Waals surface area contributed by atoms with Gasteiger partial charge in [0.25, 0.3) is 0 Å². The second-order valence-electron chi connectivity index (χ2n) is 7.22. The summed E-state index contributed by atoms with van der Waals surface area (Å²) < 4.78 is 7.59. The fourth-order valence-electron chi connectivity index (χ4n) is 3.29. The number of hydrogen-bond acceptors (Lipinski definition) is 6. The van der Waals surface area contributed by atoms with E-state index in [4.69, 9.17) is 10.5 Å². The van der Waals surface area contributed by atoms with Crippen LogP contribution in [0, 0.1) is 0 Å². The van der Waals surface area contributed by atoms with Crippen LogP contribution in [-0.2, 0) is 11.3 Å². The number of nitrogens with one attached hydrogen (secondary N) is 1. The predicted octanol–water partition coefficient (Wildman–Crippen LogP) is 2.97. The van der Waals surface area contributed by atoms with Crippen LogP contribution in [0.2, 0.25) is 0 Å². The topological polar surface area (TPSA) is 115 Å². The molecule has 8 heteroatoms. The maximum atomic E-state index is 12.3. The van der Waals surface area contributed by atoms with Crippen molar-refractivity contribution in [2.24, 2.45) is 0 Å². The number of nitrogen functional groups attached to an aromatic ring is 1. The van der Waals surface area contributed by atoms with Crippen molar-refractivity contribution < 1.29 is 14.6 Å². The van der Waals surface area contributed by atoms with Crippen LogP contribution in [-0.4, -0.2) is 38.2 Å². The van der Waals surface area contributed by atoms with Crippen LogP contribution in [0.25, 0.3) is 22.2 Å². The fraction of sp³-hybridized carbons (Fsp3) is 0.174. The molecule has 2 aromatic heterocycles. The molecule has 8 nitrogen and oxygen atoms in total. The molecule has 158 valence electrons. The molecule has 2 aromatic carbocycles. The zero-order valence-electron chi connectivity index (χ0n) is 17.0. The number of ether oxygens (including phenoxy) is 1. The number of hydrogen-bond donors (Lipinski definition) is 3. The number of para-hydroxylation sites is 1. The zero-order chi connectivity index (χ0) is 21.8. The molecule has 31 heavy (non-hydrogen) atoms.